The molecule has 0 aliphatic carbocycles. The lowest BCUT2D eigenvalue weighted by Crippen LogP contribution is -2.43. The van der Waals surface area contributed by atoms with Crippen LogP contribution in [-0.4, -0.2) is 139 Å². The van der Waals surface area contributed by atoms with Crippen molar-refractivity contribution in [3.8, 4) is 0 Å². The van der Waals surface area contributed by atoms with Crippen LogP contribution in [0.25, 0.3) is 0 Å². The van der Waals surface area contributed by atoms with E-state index >= 15 is 0 Å². The number of unbranched alkanes of at least 4 members (excludes halogenated alkanes) is 70. The number of hydrogen-bond acceptors (Lipinski definition) is 12. The number of carboxylic acids is 5. The Bertz CT molecular complexity index is 1590. The molecule has 0 aliphatic rings. The fraction of sp³-hybridized carbons (Fsp3) is 0.950. The van der Waals surface area contributed by atoms with E-state index < -0.39 is 80.3 Å². The second-order valence-electron chi connectivity index (χ2n) is 34.9. The van der Waals surface area contributed by atoms with Crippen LogP contribution in [-0.2, 0) is 28.7 Å². The first-order valence-electron chi connectivity index (χ1n) is 50.2. The summed E-state index contributed by atoms with van der Waals surface area (Å²) in [5.41, 5.74) is -2.32. The average molecular weight is 1680 g/mol. The van der Waals surface area contributed by atoms with Crippen LogP contribution in [0.3, 0.4) is 0 Å². The number of aliphatic carboxylic acids is 5. The zero-order chi connectivity index (χ0) is 87.8. The van der Waals surface area contributed by atoms with Crippen molar-refractivity contribution in [2.75, 3.05) is 52.9 Å². The van der Waals surface area contributed by atoms with Gasteiger partial charge in [-0.15, -0.1) is 0 Å². The lowest BCUT2D eigenvalue weighted by Gasteiger charge is -2.31. The highest BCUT2D eigenvalue weighted by atomic mass is 16.5. The zero-order valence-corrected chi connectivity index (χ0v) is 78.1. The number of hydrogen-bond donors (Lipinski definition) is 11. The summed E-state index contributed by atoms with van der Waals surface area (Å²) in [5.74, 6) is -3.27. The minimum atomic E-state index is -1.16. The van der Waals surface area contributed by atoms with E-state index in [0.29, 0.717) is 32.1 Å². The highest BCUT2D eigenvalue weighted by molar-refractivity contribution is 5.67. The Morgan fingerprint density at radius 3 is 0.325 bits per heavy atom. The minimum Gasteiger partial charge on any atom is -0.481 e. The smallest absolute Gasteiger partial charge is 0.303 e. The van der Waals surface area contributed by atoms with E-state index in [1.165, 1.54) is 417 Å². The van der Waals surface area contributed by atoms with Gasteiger partial charge in [-0.05, 0) is 32.1 Å². The molecule has 11 N–H and O–H groups in total. The lowest BCUT2D eigenvalue weighted by molar-refractivity contribution is -0.138. The summed E-state index contributed by atoms with van der Waals surface area (Å²) in [5, 5.41) is 96.8. The van der Waals surface area contributed by atoms with Crippen LogP contribution >= 0.6 is 0 Å². The number of rotatable bonds is 90. The Hall–Kier alpha value is -2.93. The summed E-state index contributed by atoms with van der Waals surface area (Å²) in [6.45, 7) is 8.34. The van der Waals surface area contributed by atoms with Gasteiger partial charge in [0.15, 0.2) is 0 Å². The van der Waals surface area contributed by atoms with Gasteiger partial charge in [-0.25, -0.2) is 0 Å². The summed E-state index contributed by atoms with van der Waals surface area (Å²) in [7, 11) is 0. The molecule has 0 fully saturated rings. The fourth-order valence-corrected chi connectivity index (χ4v) is 14.3. The van der Waals surface area contributed by atoms with Crippen LogP contribution in [0.2, 0.25) is 0 Å². The number of carboxylic acid groups (broad SMARTS) is 5. The Labute approximate surface area is 723 Å². The molecule has 0 radical (unpaired) electrons. The third kappa shape index (κ3) is 119. The van der Waals surface area contributed by atoms with Crippen molar-refractivity contribution in [3.05, 3.63) is 0 Å². The second-order valence-corrected chi connectivity index (χ2v) is 34.9. The quantitative estimate of drug-likeness (QED) is 0.0252. The Morgan fingerprint density at radius 1 is 0.162 bits per heavy atom. The molecular formula is C100H202O17. The third-order valence-corrected chi connectivity index (χ3v) is 22.8. The molecule has 0 aromatic heterocycles. The number of aliphatic hydroxyl groups excluding tert-OH is 6. The van der Waals surface area contributed by atoms with Crippen molar-refractivity contribution in [2.45, 2.75) is 548 Å². The predicted octanol–water partition coefficient (Wildman–Crippen LogP) is 28.6. The van der Waals surface area contributed by atoms with Gasteiger partial charge >= 0.3 is 29.8 Å². The first kappa shape index (κ1) is 125. The van der Waals surface area contributed by atoms with Crippen molar-refractivity contribution in [3.63, 3.8) is 0 Å². The van der Waals surface area contributed by atoms with Gasteiger partial charge in [0.05, 0.1) is 63.7 Å². The first-order chi connectivity index (χ1) is 56.9. The summed E-state index contributed by atoms with van der Waals surface area (Å²) in [4.78, 5) is 51.7. The van der Waals surface area contributed by atoms with Crippen LogP contribution in [0.4, 0.5) is 0 Å². The van der Waals surface area contributed by atoms with Gasteiger partial charge in [0.25, 0.3) is 0 Å². The molecule has 0 aromatic rings. The highest BCUT2D eigenvalue weighted by Gasteiger charge is 2.33. The Kier molecular flexibility index (Phi) is 119. The van der Waals surface area contributed by atoms with E-state index in [-0.39, 0.29) is 13.2 Å². The van der Waals surface area contributed by atoms with Gasteiger partial charge in [0, 0.05) is 32.1 Å². The standard InChI is InChI=1S/5C18H36O2.C10H22O7/c5*1-2-3-4-5-6-7-8-9-10-11-12-13-14-15-16-17-18(19)20;11-1-9(2-12,3-13)7-17-8-10(4-14,5-15)6-16/h5*2-17H2,1H3,(H,19,20);11-16H,1-8H2. The molecule has 117 heavy (non-hydrogen) atoms. The maximum absolute atomic E-state index is 10.3. The van der Waals surface area contributed by atoms with Gasteiger partial charge in [-0.1, -0.05) is 484 Å². The molecule has 0 aliphatic heterocycles. The second kappa shape index (κ2) is 111. The summed E-state index contributed by atoms with van der Waals surface area (Å²) in [6.07, 6.45) is 101. The predicted molar refractivity (Wildman–Crippen MR) is 494 cm³/mol. The van der Waals surface area contributed by atoms with Gasteiger partial charge in [0.1, 0.15) is 0 Å². The van der Waals surface area contributed by atoms with Crippen LogP contribution in [0.5, 0.6) is 0 Å². The largest absolute Gasteiger partial charge is 0.481 e. The molecule has 17 heteroatoms. The lowest BCUT2D eigenvalue weighted by atomic mass is 9.91. The van der Waals surface area contributed by atoms with Crippen molar-refractivity contribution < 1.29 is 84.9 Å². The molecule has 0 saturated carbocycles. The topological polar surface area (TPSA) is 317 Å². The van der Waals surface area contributed by atoms with E-state index in [9.17, 15) is 24.0 Å². The zero-order valence-electron chi connectivity index (χ0n) is 78.1. The van der Waals surface area contributed by atoms with E-state index in [0.717, 1.165) is 64.2 Å². The molecule has 0 unspecified atom stereocenters. The molecule has 0 rings (SSSR count). The number of aliphatic hydroxyl groups is 6. The summed E-state index contributed by atoms with van der Waals surface area (Å²) >= 11 is 0. The van der Waals surface area contributed by atoms with Crippen LogP contribution in [0.15, 0.2) is 0 Å². The third-order valence-electron chi connectivity index (χ3n) is 22.8. The molecule has 0 amide bonds. The minimum absolute atomic E-state index is 0.141. The summed E-state index contributed by atoms with van der Waals surface area (Å²) < 4.78 is 5.15. The molecule has 0 saturated heterocycles. The van der Waals surface area contributed by atoms with Gasteiger partial charge in [0.2, 0.25) is 0 Å². The monoisotopic (exact) mass is 1680 g/mol. The number of ether oxygens (including phenoxy) is 1. The highest BCUT2D eigenvalue weighted by Crippen LogP contribution is 2.23. The Balaban J connectivity index is -0.000000316. The molecule has 704 valence electrons. The van der Waals surface area contributed by atoms with Crippen molar-refractivity contribution in [1.29, 1.82) is 0 Å². The van der Waals surface area contributed by atoms with Crippen molar-refractivity contribution in [1.82, 2.24) is 0 Å². The van der Waals surface area contributed by atoms with Crippen LogP contribution in [0.1, 0.15) is 548 Å². The summed E-state index contributed by atoms with van der Waals surface area (Å²) in [6, 6.07) is 0. The van der Waals surface area contributed by atoms with Crippen LogP contribution in [0, 0.1) is 10.8 Å². The van der Waals surface area contributed by atoms with Crippen molar-refractivity contribution >= 4 is 29.8 Å². The van der Waals surface area contributed by atoms with Crippen molar-refractivity contribution in [2.24, 2.45) is 10.8 Å². The average Bonchev–Trinajstić information content (AvgIpc) is 0.874. The maximum atomic E-state index is 10.3. The van der Waals surface area contributed by atoms with E-state index in [1.807, 2.05) is 0 Å². The molecule has 0 atom stereocenters. The SMILES string of the molecule is CCCCCCCCCCCCCCCCCC(=O)O.CCCCCCCCCCCCCCCCCC(=O)O.CCCCCCCCCCCCCCCCCC(=O)O.CCCCCCCCCCCCCCCCCC(=O)O.CCCCCCCCCCCCCCCCCC(=O)O.OCC(CO)(CO)COCC(CO)(CO)CO. The normalized spacial score (nSPS) is 11.2. The van der Waals surface area contributed by atoms with Crippen LogP contribution < -0.4 is 0 Å². The van der Waals surface area contributed by atoms with Gasteiger partial charge < -0.3 is 60.9 Å². The van der Waals surface area contributed by atoms with Gasteiger partial charge in [-0.2, -0.15) is 0 Å². The van der Waals surface area contributed by atoms with E-state index in [2.05, 4.69) is 34.6 Å². The molecule has 0 heterocycles. The molecule has 0 aromatic carbocycles. The maximum Gasteiger partial charge on any atom is 0.303 e. The Morgan fingerprint density at radius 2 is 0.248 bits per heavy atom. The molecule has 17 nitrogen and oxygen atoms in total. The fourth-order valence-electron chi connectivity index (χ4n) is 14.3. The van der Waals surface area contributed by atoms with E-state index in [1.54, 1.807) is 0 Å². The van der Waals surface area contributed by atoms with Gasteiger partial charge in [-0.3, -0.25) is 24.0 Å². The molecule has 0 spiro atoms. The number of carbonyl (C=O) groups is 5. The first-order valence-corrected chi connectivity index (χ1v) is 50.2. The molecule has 0 bridgehead atoms. The molecular weight excluding hydrogens is 1470 g/mol. The van der Waals surface area contributed by atoms with E-state index in [4.69, 9.17) is 60.9 Å².